The molecule has 28 heavy (non-hydrogen) atoms. The highest BCUT2D eigenvalue weighted by atomic mass is 19.1. The Morgan fingerprint density at radius 3 is 2.71 bits per heavy atom. The van der Waals surface area contributed by atoms with Gasteiger partial charge in [0.05, 0.1) is 28.8 Å². The third-order valence-electron chi connectivity index (χ3n) is 4.82. The number of aliphatic hydroxyl groups is 1. The average molecular weight is 383 g/mol. The molecule has 3 aromatic rings. The first-order chi connectivity index (χ1) is 13.7. The normalized spacial score (nSPS) is 13.6. The van der Waals surface area contributed by atoms with Crippen molar-refractivity contribution in [3.05, 3.63) is 59.0 Å². The summed E-state index contributed by atoms with van der Waals surface area (Å²) in [6.07, 6.45) is 3.28. The van der Waals surface area contributed by atoms with Gasteiger partial charge >= 0.3 is 0 Å². The Balaban J connectivity index is 1.65. The number of nitrogens with zero attached hydrogens (tertiary/aromatic N) is 1. The van der Waals surface area contributed by atoms with Crippen LogP contribution in [0.1, 0.15) is 34.5 Å². The van der Waals surface area contributed by atoms with Crippen molar-refractivity contribution in [2.24, 2.45) is 0 Å². The molecule has 7 heteroatoms. The van der Waals surface area contributed by atoms with Gasteiger partial charge in [0.15, 0.2) is 0 Å². The lowest BCUT2D eigenvalue weighted by Gasteiger charge is -2.13. The zero-order valence-electron chi connectivity index (χ0n) is 15.4. The molecule has 0 radical (unpaired) electrons. The van der Waals surface area contributed by atoms with E-state index in [1.54, 1.807) is 18.2 Å². The number of benzene rings is 2. The standard InChI is InChI=1S/C21H22FN3O3/c22-14-4-1-13(2-5-14)3-9-17-19-18(25-24-17)10-8-16(20(19)28-12-11-26)21(27)23-15-6-7-15/h1-2,4-5,8,10,15,26H,3,6-7,9,11-12H2,(H,23,27)(H,24,25). The van der Waals surface area contributed by atoms with Crippen molar-refractivity contribution < 1.29 is 19.0 Å². The summed E-state index contributed by atoms with van der Waals surface area (Å²) in [4.78, 5) is 12.6. The van der Waals surface area contributed by atoms with Crippen LogP contribution in [0.3, 0.4) is 0 Å². The van der Waals surface area contributed by atoms with Crippen LogP contribution in [0.2, 0.25) is 0 Å². The van der Waals surface area contributed by atoms with Gasteiger partial charge in [-0.1, -0.05) is 12.1 Å². The summed E-state index contributed by atoms with van der Waals surface area (Å²) < 4.78 is 18.9. The minimum atomic E-state index is -0.264. The van der Waals surface area contributed by atoms with Crippen LogP contribution in [0.15, 0.2) is 36.4 Å². The molecule has 1 heterocycles. The van der Waals surface area contributed by atoms with E-state index in [1.807, 2.05) is 6.07 Å². The zero-order chi connectivity index (χ0) is 19.5. The predicted octanol–water partition coefficient (Wildman–Crippen LogP) is 2.75. The molecule has 146 valence electrons. The fourth-order valence-corrected chi connectivity index (χ4v) is 3.21. The molecule has 1 saturated carbocycles. The quantitative estimate of drug-likeness (QED) is 0.558. The number of halogens is 1. The van der Waals surface area contributed by atoms with Gasteiger partial charge in [0.1, 0.15) is 18.2 Å². The van der Waals surface area contributed by atoms with Gasteiger partial charge in [-0.25, -0.2) is 4.39 Å². The van der Waals surface area contributed by atoms with Crippen LogP contribution in [0.4, 0.5) is 4.39 Å². The van der Waals surface area contributed by atoms with Crippen molar-refractivity contribution >= 4 is 16.8 Å². The highest BCUT2D eigenvalue weighted by Gasteiger charge is 2.26. The molecule has 6 nitrogen and oxygen atoms in total. The van der Waals surface area contributed by atoms with E-state index in [-0.39, 0.29) is 31.0 Å². The molecule has 1 aromatic heterocycles. The van der Waals surface area contributed by atoms with Crippen LogP contribution >= 0.6 is 0 Å². The van der Waals surface area contributed by atoms with E-state index in [0.29, 0.717) is 24.2 Å². The highest BCUT2D eigenvalue weighted by Crippen LogP contribution is 2.33. The molecule has 2 aromatic carbocycles. The van der Waals surface area contributed by atoms with E-state index in [1.165, 1.54) is 12.1 Å². The molecule has 1 aliphatic rings. The number of nitrogens with one attached hydrogen (secondary N) is 2. The lowest BCUT2D eigenvalue weighted by Crippen LogP contribution is -2.26. The molecule has 1 aliphatic carbocycles. The van der Waals surface area contributed by atoms with E-state index in [0.717, 1.165) is 35.0 Å². The molecule has 0 atom stereocenters. The molecule has 0 spiro atoms. The molecular weight excluding hydrogens is 361 g/mol. The average Bonchev–Trinajstić information content (AvgIpc) is 3.42. The minimum absolute atomic E-state index is 0.0887. The predicted molar refractivity (Wildman–Crippen MR) is 103 cm³/mol. The second-order valence-electron chi connectivity index (χ2n) is 6.98. The van der Waals surface area contributed by atoms with Gasteiger partial charge < -0.3 is 15.2 Å². The monoisotopic (exact) mass is 383 g/mol. The molecule has 0 saturated heterocycles. The van der Waals surface area contributed by atoms with Crippen LogP contribution in [-0.4, -0.2) is 40.5 Å². The smallest absolute Gasteiger partial charge is 0.255 e. The first-order valence-electron chi connectivity index (χ1n) is 9.44. The van der Waals surface area contributed by atoms with E-state index in [9.17, 15) is 14.3 Å². The van der Waals surface area contributed by atoms with E-state index >= 15 is 0 Å². The third kappa shape index (κ3) is 3.99. The van der Waals surface area contributed by atoms with Crippen LogP contribution in [0.25, 0.3) is 10.9 Å². The Kier molecular flexibility index (Phi) is 5.25. The summed E-state index contributed by atoms with van der Waals surface area (Å²) in [5, 5.41) is 20.3. The van der Waals surface area contributed by atoms with Gasteiger partial charge in [0, 0.05) is 6.04 Å². The number of fused-ring (bicyclic) bond motifs is 1. The molecule has 1 amide bonds. The van der Waals surface area contributed by atoms with Crippen LogP contribution in [-0.2, 0) is 12.8 Å². The molecule has 1 fully saturated rings. The minimum Gasteiger partial charge on any atom is -0.490 e. The fraction of sp³-hybridized carbons (Fsp3) is 0.333. The number of amides is 1. The van der Waals surface area contributed by atoms with Gasteiger partial charge in [-0.3, -0.25) is 9.89 Å². The van der Waals surface area contributed by atoms with Crippen LogP contribution in [0, 0.1) is 5.82 Å². The van der Waals surface area contributed by atoms with Crippen LogP contribution < -0.4 is 10.1 Å². The van der Waals surface area contributed by atoms with Gasteiger partial charge in [-0.2, -0.15) is 5.10 Å². The van der Waals surface area contributed by atoms with Crippen LogP contribution in [0.5, 0.6) is 5.75 Å². The summed E-state index contributed by atoms with van der Waals surface area (Å²) in [5.74, 6) is -0.00411. The highest BCUT2D eigenvalue weighted by molar-refractivity contribution is 6.04. The summed E-state index contributed by atoms with van der Waals surface area (Å²) >= 11 is 0. The Morgan fingerprint density at radius 1 is 1.21 bits per heavy atom. The van der Waals surface area contributed by atoms with E-state index in [4.69, 9.17) is 4.74 Å². The van der Waals surface area contributed by atoms with Gasteiger partial charge in [-0.15, -0.1) is 0 Å². The molecule has 3 N–H and O–H groups in total. The summed E-state index contributed by atoms with van der Waals surface area (Å²) in [5.41, 5.74) is 2.98. The molecule has 4 rings (SSSR count). The number of ether oxygens (including phenoxy) is 1. The SMILES string of the molecule is O=C(NC1CC1)c1ccc2[nH]nc(CCc3ccc(F)cc3)c2c1OCCO. The van der Waals surface area contributed by atoms with Crippen molar-refractivity contribution in [3.8, 4) is 5.75 Å². The van der Waals surface area contributed by atoms with Crippen molar-refractivity contribution in [2.75, 3.05) is 13.2 Å². The Bertz CT molecular complexity index is 980. The van der Waals surface area contributed by atoms with Gasteiger partial charge in [0.2, 0.25) is 0 Å². The number of hydrogen-bond donors (Lipinski definition) is 3. The summed E-state index contributed by atoms with van der Waals surface area (Å²) in [6.45, 7) is -0.0613. The molecular formula is C21H22FN3O3. The van der Waals surface area contributed by atoms with Crippen molar-refractivity contribution in [3.63, 3.8) is 0 Å². The maximum Gasteiger partial charge on any atom is 0.255 e. The lowest BCUT2D eigenvalue weighted by molar-refractivity contribution is 0.0945. The number of aromatic nitrogens is 2. The number of H-pyrrole nitrogens is 1. The number of aryl methyl sites for hydroxylation is 2. The maximum atomic E-state index is 13.1. The van der Waals surface area contributed by atoms with Crippen molar-refractivity contribution in [1.82, 2.24) is 15.5 Å². The first kappa shape index (κ1) is 18.4. The number of aliphatic hydroxyl groups excluding tert-OH is 1. The summed E-state index contributed by atoms with van der Waals surface area (Å²) in [6, 6.07) is 10.1. The molecule has 0 unspecified atom stereocenters. The third-order valence-corrected chi connectivity index (χ3v) is 4.82. The largest absolute Gasteiger partial charge is 0.490 e. The lowest BCUT2D eigenvalue weighted by atomic mass is 10.0. The van der Waals surface area contributed by atoms with Gasteiger partial charge in [0.25, 0.3) is 5.91 Å². The molecule has 0 bridgehead atoms. The Hall–Kier alpha value is -2.93. The topological polar surface area (TPSA) is 87.2 Å². The first-order valence-corrected chi connectivity index (χ1v) is 9.44. The number of rotatable bonds is 8. The zero-order valence-corrected chi connectivity index (χ0v) is 15.4. The molecule has 0 aliphatic heterocycles. The second-order valence-corrected chi connectivity index (χ2v) is 6.98. The number of hydrogen-bond acceptors (Lipinski definition) is 4. The van der Waals surface area contributed by atoms with Gasteiger partial charge in [-0.05, 0) is 55.5 Å². The number of carbonyl (C=O) groups is 1. The maximum absolute atomic E-state index is 13.1. The van der Waals surface area contributed by atoms with Crippen molar-refractivity contribution in [1.29, 1.82) is 0 Å². The fourth-order valence-electron chi connectivity index (χ4n) is 3.21. The van der Waals surface area contributed by atoms with Crippen molar-refractivity contribution in [2.45, 2.75) is 31.7 Å². The van der Waals surface area contributed by atoms with E-state index in [2.05, 4.69) is 15.5 Å². The number of carbonyl (C=O) groups excluding carboxylic acids is 1. The summed E-state index contributed by atoms with van der Waals surface area (Å²) in [7, 11) is 0. The van der Waals surface area contributed by atoms with E-state index < -0.39 is 0 Å². The second kappa shape index (κ2) is 7.98. The number of aromatic amines is 1. The Labute approximate surface area is 161 Å². The Morgan fingerprint density at radius 2 is 2.00 bits per heavy atom.